The van der Waals surface area contributed by atoms with E-state index in [1.54, 1.807) is 11.9 Å². The minimum Gasteiger partial charge on any atom is -0.356 e. The fraction of sp³-hybridized carbons (Fsp3) is 0.500. The molecule has 1 saturated heterocycles. The van der Waals surface area contributed by atoms with Crippen LogP contribution in [0.15, 0.2) is 35.3 Å². The van der Waals surface area contributed by atoms with Crippen LogP contribution in [0.25, 0.3) is 0 Å². The third-order valence-electron chi connectivity index (χ3n) is 3.97. The summed E-state index contributed by atoms with van der Waals surface area (Å²) in [5.41, 5.74) is 0.910. The zero-order valence-corrected chi connectivity index (χ0v) is 14.9. The quantitative estimate of drug-likeness (QED) is 0.506. The molecule has 0 aromatic heterocycles. The van der Waals surface area contributed by atoms with Gasteiger partial charge in [-0.15, -0.1) is 0 Å². The molecule has 25 heavy (non-hydrogen) atoms. The second kappa shape index (κ2) is 9.66. The van der Waals surface area contributed by atoms with E-state index >= 15 is 0 Å². The largest absolute Gasteiger partial charge is 0.356 e. The highest BCUT2D eigenvalue weighted by Crippen LogP contribution is 2.20. The summed E-state index contributed by atoms with van der Waals surface area (Å²) in [6, 6.07) is 9.64. The van der Waals surface area contributed by atoms with Crippen LogP contribution in [0.3, 0.4) is 0 Å². The summed E-state index contributed by atoms with van der Waals surface area (Å²) in [5.74, 6) is 0.727. The van der Waals surface area contributed by atoms with Crippen molar-refractivity contribution < 1.29 is 9.59 Å². The van der Waals surface area contributed by atoms with E-state index in [0.29, 0.717) is 38.4 Å². The zero-order chi connectivity index (χ0) is 18.1. The first kappa shape index (κ1) is 18.8. The lowest BCUT2D eigenvalue weighted by Crippen LogP contribution is -2.45. The maximum Gasteiger partial charge on any atom is 0.229 e. The fourth-order valence-electron chi connectivity index (χ4n) is 2.70. The molecule has 3 N–H and O–H groups in total. The van der Waals surface area contributed by atoms with Gasteiger partial charge in [0, 0.05) is 45.2 Å². The summed E-state index contributed by atoms with van der Waals surface area (Å²) < 4.78 is 0. The number of hydrogen-bond donors (Lipinski definition) is 3. The van der Waals surface area contributed by atoms with Gasteiger partial charge in [0.1, 0.15) is 0 Å². The molecule has 2 rings (SSSR count). The summed E-state index contributed by atoms with van der Waals surface area (Å²) in [6.45, 7) is 3.82. The van der Waals surface area contributed by atoms with Crippen molar-refractivity contribution in [2.45, 2.75) is 32.2 Å². The Morgan fingerprint density at radius 3 is 2.68 bits per heavy atom. The zero-order valence-electron chi connectivity index (χ0n) is 14.9. The SMILES string of the molecule is CCCNC(=O)CCNC(=NC)NC1CC(=O)N(c2ccccc2)C1. The molecule has 7 heteroatoms. The number of carbonyl (C=O) groups excluding carboxylic acids is 2. The summed E-state index contributed by atoms with van der Waals surface area (Å²) in [6.07, 6.45) is 1.74. The van der Waals surface area contributed by atoms with Crippen molar-refractivity contribution in [2.75, 3.05) is 31.6 Å². The minimum absolute atomic E-state index is 0.00664. The highest BCUT2D eigenvalue weighted by Gasteiger charge is 2.30. The fourth-order valence-corrected chi connectivity index (χ4v) is 2.70. The van der Waals surface area contributed by atoms with E-state index in [9.17, 15) is 9.59 Å². The topological polar surface area (TPSA) is 85.8 Å². The van der Waals surface area contributed by atoms with Crippen LogP contribution in [-0.4, -0.2) is 50.5 Å². The van der Waals surface area contributed by atoms with Crippen molar-refractivity contribution in [1.82, 2.24) is 16.0 Å². The second-order valence-electron chi connectivity index (χ2n) is 5.98. The van der Waals surface area contributed by atoms with Crippen molar-refractivity contribution in [3.05, 3.63) is 30.3 Å². The highest BCUT2D eigenvalue weighted by molar-refractivity contribution is 5.97. The van der Waals surface area contributed by atoms with Gasteiger partial charge in [-0.2, -0.15) is 0 Å². The van der Waals surface area contributed by atoms with Gasteiger partial charge in [-0.05, 0) is 18.6 Å². The molecule has 1 aromatic rings. The number of benzene rings is 1. The maximum absolute atomic E-state index is 12.2. The first-order chi connectivity index (χ1) is 12.1. The predicted octanol–water partition coefficient (Wildman–Crippen LogP) is 0.873. The van der Waals surface area contributed by atoms with Gasteiger partial charge in [-0.25, -0.2) is 0 Å². The molecule has 1 atom stereocenters. The van der Waals surface area contributed by atoms with E-state index < -0.39 is 0 Å². The summed E-state index contributed by atoms with van der Waals surface area (Å²) >= 11 is 0. The molecule has 0 radical (unpaired) electrons. The van der Waals surface area contributed by atoms with Crippen LogP contribution in [0.4, 0.5) is 5.69 Å². The van der Waals surface area contributed by atoms with E-state index in [4.69, 9.17) is 0 Å². The number of nitrogens with zero attached hydrogens (tertiary/aromatic N) is 2. The molecular formula is C18H27N5O2. The van der Waals surface area contributed by atoms with Crippen molar-refractivity contribution in [2.24, 2.45) is 4.99 Å². The van der Waals surface area contributed by atoms with Gasteiger partial charge in [0.2, 0.25) is 11.8 Å². The Hall–Kier alpha value is -2.57. The number of nitrogens with one attached hydrogen (secondary N) is 3. The number of anilines is 1. The van der Waals surface area contributed by atoms with Gasteiger partial charge >= 0.3 is 0 Å². The number of amides is 2. The molecule has 0 saturated carbocycles. The summed E-state index contributed by atoms with van der Waals surface area (Å²) in [5, 5.41) is 9.22. The molecule has 1 unspecified atom stereocenters. The van der Waals surface area contributed by atoms with Gasteiger partial charge in [-0.3, -0.25) is 14.6 Å². The molecule has 1 aliphatic heterocycles. The molecule has 1 heterocycles. The Morgan fingerprint density at radius 1 is 1.24 bits per heavy atom. The Kier molecular flexibility index (Phi) is 7.25. The molecule has 1 aliphatic rings. The summed E-state index contributed by atoms with van der Waals surface area (Å²) in [7, 11) is 1.68. The van der Waals surface area contributed by atoms with Crippen molar-refractivity contribution >= 4 is 23.5 Å². The van der Waals surface area contributed by atoms with Crippen molar-refractivity contribution in [3.63, 3.8) is 0 Å². The van der Waals surface area contributed by atoms with Crippen LogP contribution in [0, 0.1) is 0 Å². The first-order valence-electron chi connectivity index (χ1n) is 8.73. The van der Waals surface area contributed by atoms with Gasteiger partial charge in [0.05, 0.1) is 6.04 Å². The Bertz CT molecular complexity index is 603. The number of aliphatic imine (C=N–C) groups is 1. The van der Waals surface area contributed by atoms with Crippen LogP contribution in [0.5, 0.6) is 0 Å². The number of guanidine groups is 1. The van der Waals surface area contributed by atoms with E-state index in [0.717, 1.165) is 12.1 Å². The lowest BCUT2D eigenvalue weighted by Gasteiger charge is -2.19. The smallest absolute Gasteiger partial charge is 0.229 e. The van der Waals surface area contributed by atoms with E-state index in [1.165, 1.54) is 0 Å². The first-order valence-corrected chi connectivity index (χ1v) is 8.73. The Balaban J connectivity index is 1.78. The van der Waals surface area contributed by atoms with Gasteiger partial charge in [0.15, 0.2) is 5.96 Å². The molecule has 7 nitrogen and oxygen atoms in total. The molecule has 1 fully saturated rings. The monoisotopic (exact) mass is 345 g/mol. The molecule has 1 aromatic carbocycles. The molecule has 136 valence electrons. The highest BCUT2D eigenvalue weighted by atomic mass is 16.2. The lowest BCUT2D eigenvalue weighted by molar-refractivity contribution is -0.121. The molecule has 0 spiro atoms. The van der Waals surface area contributed by atoms with Crippen LogP contribution in [0.1, 0.15) is 26.2 Å². The molecular weight excluding hydrogens is 318 g/mol. The number of rotatable bonds is 7. The third kappa shape index (κ3) is 5.77. The number of para-hydroxylation sites is 1. The minimum atomic E-state index is -0.00664. The Morgan fingerprint density at radius 2 is 2.00 bits per heavy atom. The summed E-state index contributed by atoms with van der Waals surface area (Å²) in [4.78, 5) is 29.8. The van der Waals surface area contributed by atoms with Crippen molar-refractivity contribution in [1.29, 1.82) is 0 Å². The van der Waals surface area contributed by atoms with Crippen molar-refractivity contribution in [3.8, 4) is 0 Å². The number of carbonyl (C=O) groups is 2. The van der Waals surface area contributed by atoms with E-state index in [1.807, 2.05) is 37.3 Å². The average Bonchev–Trinajstić information content (AvgIpc) is 3.00. The molecule has 0 bridgehead atoms. The number of hydrogen-bond acceptors (Lipinski definition) is 3. The van der Waals surface area contributed by atoms with Gasteiger partial charge in [-0.1, -0.05) is 25.1 Å². The lowest BCUT2D eigenvalue weighted by atomic mass is 10.2. The second-order valence-corrected chi connectivity index (χ2v) is 5.98. The average molecular weight is 345 g/mol. The van der Waals surface area contributed by atoms with Crippen LogP contribution in [-0.2, 0) is 9.59 Å². The third-order valence-corrected chi connectivity index (χ3v) is 3.97. The van der Waals surface area contributed by atoms with Gasteiger partial charge < -0.3 is 20.9 Å². The Labute approximate surface area is 148 Å². The predicted molar refractivity (Wildman–Crippen MR) is 99.6 cm³/mol. The van der Waals surface area contributed by atoms with E-state index in [-0.39, 0.29) is 17.9 Å². The normalized spacial score (nSPS) is 17.5. The van der Waals surface area contributed by atoms with Gasteiger partial charge in [0.25, 0.3) is 0 Å². The van der Waals surface area contributed by atoms with Crippen LogP contribution >= 0.6 is 0 Å². The standard InChI is InChI=1S/C18H27N5O2/c1-3-10-20-16(24)9-11-21-18(19-2)22-14-12-17(25)23(13-14)15-7-5-4-6-8-15/h4-8,14H,3,9-13H2,1-2H3,(H,20,24)(H2,19,21,22). The maximum atomic E-state index is 12.2. The molecule has 0 aliphatic carbocycles. The van der Waals surface area contributed by atoms with E-state index in [2.05, 4.69) is 20.9 Å². The van der Waals surface area contributed by atoms with Crippen LogP contribution in [0.2, 0.25) is 0 Å². The van der Waals surface area contributed by atoms with Crippen LogP contribution < -0.4 is 20.9 Å². The molecule has 2 amide bonds.